The Morgan fingerprint density at radius 1 is 1.00 bits per heavy atom. The van der Waals surface area contributed by atoms with Crippen LogP contribution in [0.1, 0.15) is 35.2 Å². The highest BCUT2D eigenvalue weighted by Crippen LogP contribution is 2.41. The molecule has 0 aromatic carbocycles. The lowest BCUT2D eigenvalue weighted by Gasteiger charge is -2.39. The quantitative estimate of drug-likeness (QED) is 0.439. The van der Waals surface area contributed by atoms with E-state index < -0.39 is 0 Å². The number of halogens is 1. The van der Waals surface area contributed by atoms with Crippen LogP contribution in [-0.4, -0.2) is 84.1 Å². The van der Waals surface area contributed by atoms with E-state index in [1.807, 2.05) is 9.80 Å². The standard InChI is InChI=1S/C24H28ClN5O5/c1-33-19-13-17(12-18(25)27-19)22(32)29-9-6-24(7-10-29)8-11-30(15-24)20(31)5-4-16-14-26-23(35-3)28-21(16)34-2/h4-5,12-14H,6-11,15H2,1-3H3/b5-4+. The van der Waals surface area contributed by atoms with Crippen molar-refractivity contribution in [1.29, 1.82) is 0 Å². The highest BCUT2D eigenvalue weighted by Gasteiger charge is 2.42. The molecular weight excluding hydrogens is 474 g/mol. The highest BCUT2D eigenvalue weighted by atomic mass is 35.5. The minimum Gasteiger partial charge on any atom is -0.481 e. The van der Waals surface area contributed by atoms with E-state index >= 15 is 0 Å². The Kier molecular flexibility index (Phi) is 7.39. The van der Waals surface area contributed by atoms with Crippen LogP contribution in [0.15, 0.2) is 24.4 Å². The van der Waals surface area contributed by atoms with Crippen molar-refractivity contribution in [3.63, 3.8) is 0 Å². The summed E-state index contributed by atoms with van der Waals surface area (Å²) < 4.78 is 15.4. The number of hydrogen-bond acceptors (Lipinski definition) is 8. The van der Waals surface area contributed by atoms with Crippen LogP contribution < -0.4 is 14.2 Å². The van der Waals surface area contributed by atoms with Gasteiger partial charge in [0.2, 0.25) is 17.7 Å². The molecule has 2 aliphatic heterocycles. The van der Waals surface area contributed by atoms with Crippen molar-refractivity contribution >= 4 is 29.5 Å². The summed E-state index contributed by atoms with van der Waals surface area (Å²) in [6.07, 6.45) is 7.31. The normalized spacial score (nSPS) is 17.1. The SMILES string of the molecule is COc1cc(C(=O)N2CCC3(CCN(C(=O)/C=C/c4cnc(OC)nc4OC)C3)CC2)cc(Cl)n1. The first kappa shape index (κ1) is 24.7. The minimum absolute atomic E-state index is 0.0226. The maximum atomic E-state index is 13.0. The van der Waals surface area contributed by atoms with Crippen LogP contribution >= 0.6 is 11.6 Å². The Bertz CT molecular complexity index is 1130. The number of carbonyl (C=O) groups is 2. The second-order valence-corrected chi connectivity index (χ2v) is 9.06. The number of piperidine rings is 1. The topological polar surface area (TPSA) is 107 Å². The van der Waals surface area contributed by atoms with Crippen LogP contribution in [0, 0.1) is 5.41 Å². The predicted octanol–water partition coefficient (Wildman–Crippen LogP) is 2.72. The van der Waals surface area contributed by atoms with Crippen LogP contribution in [0.25, 0.3) is 6.08 Å². The number of nitrogens with zero attached hydrogens (tertiary/aromatic N) is 5. The zero-order valence-electron chi connectivity index (χ0n) is 20.0. The maximum absolute atomic E-state index is 13.0. The Morgan fingerprint density at radius 2 is 1.71 bits per heavy atom. The zero-order valence-corrected chi connectivity index (χ0v) is 20.7. The molecule has 0 atom stereocenters. The molecule has 4 rings (SSSR count). The van der Waals surface area contributed by atoms with Crippen LogP contribution in [0.2, 0.25) is 5.15 Å². The van der Waals surface area contributed by atoms with Crippen molar-refractivity contribution in [3.8, 4) is 17.8 Å². The molecule has 1 spiro atoms. The van der Waals surface area contributed by atoms with Gasteiger partial charge >= 0.3 is 6.01 Å². The van der Waals surface area contributed by atoms with Gasteiger partial charge in [-0.05, 0) is 36.8 Å². The third-order valence-electron chi connectivity index (χ3n) is 6.63. The Balaban J connectivity index is 1.35. The van der Waals surface area contributed by atoms with Gasteiger partial charge in [-0.25, -0.2) is 9.97 Å². The molecule has 2 amide bonds. The molecule has 35 heavy (non-hydrogen) atoms. The van der Waals surface area contributed by atoms with Gasteiger partial charge in [0.1, 0.15) is 5.15 Å². The van der Waals surface area contributed by atoms with Crippen LogP contribution in [0.4, 0.5) is 0 Å². The van der Waals surface area contributed by atoms with Crippen molar-refractivity contribution in [1.82, 2.24) is 24.8 Å². The molecule has 186 valence electrons. The van der Waals surface area contributed by atoms with E-state index in [9.17, 15) is 9.59 Å². The molecule has 0 N–H and O–H groups in total. The van der Waals surface area contributed by atoms with Crippen molar-refractivity contribution < 1.29 is 23.8 Å². The first-order valence-corrected chi connectivity index (χ1v) is 11.7. The molecule has 0 saturated carbocycles. The lowest BCUT2D eigenvalue weighted by atomic mass is 9.77. The van der Waals surface area contributed by atoms with Crippen LogP contribution in [0.5, 0.6) is 17.8 Å². The predicted molar refractivity (Wildman–Crippen MR) is 129 cm³/mol. The third kappa shape index (κ3) is 5.48. The molecule has 2 aromatic heterocycles. The van der Waals surface area contributed by atoms with Gasteiger partial charge in [-0.2, -0.15) is 4.98 Å². The highest BCUT2D eigenvalue weighted by molar-refractivity contribution is 6.29. The molecule has 0 aliphatic carbocycles. The van der Waals surface area contributed by atoms with Gasteiger partial charge in [-0.1, -0.05) is 11.6 Å². The molecule has 0 unspecified atom stereocenters. The number of aromatic nitrogens is 3. The fraction of sp³-hybridized carbons (Fsp3) is 0.458. The summed E-state index contributed by atoms with van der Waals surface area (Å²) in [5.74, 6) is 0.485. The molecule has 2 fully saturated rings. The number of amides is 2. The number of ether oxygens (including phenoxy) is 3. The van der Waals surface area contributed by atoms with Crippen LogP contribution in [-0.2, 0) is 4.79 Å². The van der Waals surface area contributed by atoms with Gasteiger partial charge in [-0.15, -0.1) is 0 Å². The first-order chi connectivity index (χ1) is 16.9. The number of likely N-dealkylation sites (tertiary alicyclic amines) is 2. The Hall–Kier alpha value is -3.40. The molecule has 4 heterocycles. The number of rotatable bonds is 6. The minimum atomic E-state index is -0.0908. The lowest BCUT2D eigenvalue weighted by Crippen LogP contribution is -2.44. The van der Waals surface area contributed by atoms with E-state index in [1.54, 1.807) is 24.4 Å². The zero-order chi connectivity index (χ0) is 25.0. The number of hydrogen-bond donors (Lipinski definition) is 0. The molecule has 0 bridgehead atoms. The van der Waals surface area contributed by atoms with E-state index in [0.29, 0.717) is 49.1 Å². The average Bonchev–Trinajstić information content (AvgIpc) is 3.30. The molecule has 11 heteroatoms. The van der Waals surface area contributed by atoms with E-state index in [1.165, 1.54) is 27.4 Å². The van der Waals surface area contributed by atoms with Gasteiger partial charge in [0.15, 0.2) is 0 Å². The second-order valence-electron chi connectivity index (χ2n) is 8.68. The summed E-state index contributed by atoms with van der Waals surface area (Å²) in [4.78, 5) is 41.8. The first-order valence-electron chi connectivity index (χ1n) is 11.3. The fourth-order valence-corrected chi connectivity index (χ4v) is 4.80. The summed E-state index contributed by atoms with van der Waals surface area (Å²) >= 11 is 6.03. The van der Waals surface area contributed by atoms with Gasteiger partial charge < -0.3 is 24.0 Å². The van der Waals surface area contributed by atoms with E-state index in [4.69, 9.17) is 25.8 Å². The number of pyridine rings is 1. The third-order valence-corrected chi connectivity index (χ3v) is 6.82. The Labute approximate surface area is 208 Å². The number of carbonyl (C=O) groups excluding carboxylic acids is 2. The van der Waals surface area contributed by atoms with E-state index in [-0.39, 0.29) is 28.4 Å². The monoisotopic (exact) mass is 501 g/mol. The summed E-state index contributed by atoms with van der Waals surface area (Å²) in [5.41, 5.74) is 1.08. The lowest BCUT2D eigenvalue weighted by molar-refractivity contribution is -0.125. The van der Waals surface area contributed by atoms with Gasteiger partial charge in [0, 0.05) is 50.1 Å². The molecule has 0 radical (unpaired) electrons. The average molecular weight is 502 g/mol. The van der Waals surface area contributed by atoms with Gasteiger partial charge in [-0.3, -0.25) is 9.59 Å². The second kappa shape index (κ2) is 10.5. The van der Waals surface area contributed by atoms with Crippen molar-refractivity contribution in [2.24, 2.45) is 5.41 Å². The fourth-order valence-electron chi connectivity index (χ4n) is 4.60. The van der Waals surface area contributed by atoms with Crippen molar-refractivity contribution in [3.05, 3.63) is 40.7 Å². The van der Waals surface area contributed by atoms with Gasteiger partial charge in [0.05, 0.1) is 26.9 Å². The molecule has 2 aromatic rings. The summed E-state index contributed by atoms with van der Waals surface area (Å²) in [5, 5.41) is 0.220. The maximum Gasteiger partial charge on any atom is 0.319 e. The largest absolute Gasteiger partial charge is 0.481 e. The van der Waals surface area contributed by atoms with Gasteiger partial charge in [0.25, 0.3) is 5.91 Å². The number of methoxy groups -OCH3 is 3. The van der Waals surface area contributed by atoms with Crippen molar-refractivity contribution in [2.45, 2.75) is 19.3 Å². The van der Waals surface area contributed by atoms with E-state index in [0.717, 1.165) is 19.3 Å². The smallest absolute Gasteiger partial charge is 0.319 e. The molecular formula is C24H28ClN5O5. The molecule has 2 aliphatic rings. The Morgan fingerprint density at radius 3 is 2.37 bits per heavy atom. The summed E-state index contributed by atoms with van der Waals surface area (Å²) in [6, 6.07) is 3.36. The van der Waals surface area contributed by atoms with Crippen LogP contribution in [0.3, 0.4) is 0 Å². The van der Waals surface area contributed by atoms with Crippen molar-refractivity contribution in [2.75, 3.05) is 47.5 Å². The summed E-state index contributed by atoms with van der Waals surface area (Å²) in [6.45, 7) is 2.60. The molecule has 2 saturated heterocycles. The molecule has 10 nitrogen and oxygen atoms in total. The summed E-state index contributed by atoms with van der Waals surface area (Å²) in [7, 11) is 4.46. The van der Waals surface area contributed by atoms with E-state index in [2.05, 4.69) is 15.0 Å².